The summed E-state index contributed by atoms with van der Waals surface area (Å²) in [6.07, 6.45) is 5.46. The predicted molar refractivity (Wildman–Crippen MR) is 84.5 cm³/mol. The number of carbonyl (C=O) groups is 2. The van der Waals surface area contributed by atoms with E-state index in [-0.39, 0.29) is 41.3 Å². The molecular weight excluding hydrogens is 292 g/mol. The predicted octanol–water partition coefficient (Wildman–Crippen LogP) is 2.11. The van der Waals surface area contributed by atoms with Gasteiger partial charge in [0, 0.05) is 31.8 Å². The molecule has 0 amide bonds. The molecule has 4 saturated carbocycles. The minimum Gasteiger partial charge on any atom is -0.396 e. The SMILES string of the molecule is CC12CCC(=O)C[C@@H]1CC(=O)C1C3CC(O)CC3(CO)CCC12. The van der Waals surface area contributed by atoms with Crippen molar-refractivity contribution in [3.05, 3.63) is 0 Å². The second-order valence-corrected chi connectivity index (χ2v) is 9.01. The molecule has 0 aliphatic heterocycles. The maximum atomic E-state index is 13.0. The molecule has 6 unspecified atom stereocenters. The van der Waals surface area contributed by atoms with Gasteiger partial charge in [-0.3, -0.25) is 9.59 Å². The number of rotatable bonds is 1. The fourth-order valence-electron chi connectivity index (χ4n) is 6.81. The molecule has 0 radical (unpaired) electrons. The van der Waals surface area contributed by atoms with Crippen LogP contribution in [0.1, 0.15) is 58.3 Å². The second-order valence-electron chi connectivity index (χ2n) is 9.01. The first-order chi connectivity index (χ1) is 10.9. The largest absolute Gasteiger partial charge is 0.396 e. The van der Waals surface area contributed by atoms with Crippen LogP contribution in [0.3, 0.4) is 0 Å². The first-order valence-electron chi connectivity index (χ1n) is 9.23. The van der Waals surface area contributed by atoms with Gasteiger partial charge >= 0.3 is 0 Å². The molecule has 2 N–H and O–H groups in total. The Bertz CT molecular complexity index is 543. The van der Waals surface area contributed by atoms with Crippen LogP contribution in [0.25, 0.3) is 0 Å². The molecule has 0 bridgehead atoms. The topological polar surface area (TPSA) is 74.6 Å². The van der Waals surface area contributed by atoms with Crippen LogP contribution in [0, 0.1) is 34.5 Å². The lowest BCUT2D eigenvalue weighted by molar-refractivity contribution is -0.159. The first-order valence-corrected chi connectivity index (χ1v) is 9.23. The highest BCUT2D eigenvalue weighted by Gasteiger charge is 2.62. The van der Waals surface area contributed by atoms with Gasteiger partial charge in [0.2, 0.25) is 0 Å². The Kier molecular flexibility index (Phi) is 3.51. The van der Waals surface area contributed by atoms with Crippen molar-refractivity contribution in [2.24, 2.45) is 34.5 Å². The molecule has 23 heavy (non-hydrogen) atoms. The molecular formula is C19H28O4. The zero-order chi connectivity index (χ0) is 16.4. The highest BCUT2D eigenvalue weighted by Crippen LogP contribution is 2.65. The summed E-state index contributed by atoms with van der Waals surface area (Å²) in [5.74, 6) is 1.27. The molecule has 4 aliphatic carbocycles. The number of aliphatic hydroxyl groups excluding tert-OH is 2. The lowest BCUT2D eigenvalue weighted by Crippen LogP contribution is -2.57. The number of hydrogen-bond acceptors (Lipinski definition) is 4. The molecule has 128 valence electrons. The number of aliphatic hydroxyl groups is 2. The average Bonchev–Trinajstić information content (AvgIpc) is 2.86. The van der Waals surface area contributed by atoms with E-state index < -0.39 is 0 Å². The van der Waals surface area contributed by atoms with E-state index in [4.69, 9.17) is 0 Å². The summed E-state index contributed by atoms with van der Waals surface area (Å²) in [5, 5.41) is 20.2. The monoisotopic (exact) mass is 320 g/mol. The molecule has 0 aromatic carbocycles. The molecule has 0 heterocycles. The quantitative estimate of drug-likeness (QED) is 0.776. The van der Waals surface area contributed by atoms with Crippen molar-refractivity contribution in [1.82, 2.24) is 0 Å². The van der Waals surface area contributed by atoms with Gasteiger partial charge < -0.3 is 10.2 Å². The van der Waals surface area contributed by atoms with Gasteiger partial charge in [-0.05, 0) is 60.7 Å². The number of carbonyl (C=O) groups excluding carboxylic acids is 2. The summed E-state index contributed by atoms with van der Waals surface area (Å²) in [7, 11) is 0. The second kappa shape index (κ2) is 5.13. The van der Waals surface area contributed by atoms with E-state index in [1.54, 1.807) is 0 Å². The zero-order valence-corrected chi connectivity index (χ0v) is 14.0. The third-order valence-electron chi connectivity index (χ3n) is 8.11. The summed E-state index contributed by atoms with van der Waals surface area (Å²) in [6, 6.07) is 0. The Hall–Kier alpha value is -0.740. The normalized spacial score (nSPS) is 52.7. The Morgan fingerprint density at radius 2 is 1.96 bits per heavy atom. The van der Waals surface area contributed by atoms with Gasteiger partial charge in [0.25, 0.3) is 0 Å². The first kappa shape index (κ1) is 15.8. The van der Waals surface area contributed by atoms with Crippen molar-refractivity contribution in [3.63, 3.8) is 0 Å². The molecule has 4 aliphatic rings. The molecule has 4 heteroatoms. The Balaban J connectivity index is 1.70. The van der Waals surface area contributed by atoms with Crippen LogP contribution in [-0.2, 0) is 9.59 Å². The van der Waals surface area contributed by atoms with E-state index in [0.29, 0.717) is 49.6 Å². The van der Waals surface area contributed by atoms with E-state index in [1.165, 1.54) is 0 Å². The molecule has 4 nitrogen and oxygen atoms in total. The Morgan fingerprint density at radius 1 is 1.17 bits per heavy atom. The third kappa shape index (κ3) is 2.10. The summed E-state index contributed by atoms with van der Waals surface area (Å²) in [6.45, 7) is 2.38. The number of ketones is 2. The van der Waals surface area contributed by atoms with Crippen molar-refractivity contribution in [2.45, 2.75) is 64.4 Å². The van der Waals surface area contributed by atoms with Crippen molar-refractivity contribution >= 4 is 11.6 Å². The van der Waals surface area contributed by atoms with Crippen LogP contribution < -0.4 is 0 Å². The third-order valence-corrected chi connectivity index (χ3v) is 8.11. The Labute approximate surface area is 137 Å². The van der Waals surface area contributed by atoms with E-state index in [0.717, 1.165) is 19.3 Å². The van der Waals surface area contributed by atoms with Crippen LogP contribution in [-0.4, -0.2) is 34.5 Å². The number of fused-ring (bicyclic) bond motifs is 5. The maximum absolute atomic E-state index is 13.0. The zero-order valence-electron chi connectivity index (χ0n) is 14.0. The minimum absolute atomic E-state index is 0.0116. The number of Topliss-reactive ketones (excluding diaryl/α,β-unsaturated/α-hetero) is 2. The van der Waals surface area contributed by atoms with Gasteiger partial charge in [-0.1, -0.05) is 6.92 Å². The van der Waals surface area contributed by atoms with Crippen molar-refractivity contribution in [3.8, 4) is 0 Å². The van der Waals surface area contributed by atoms with Crippen molar-refractivity contribution in [1.29, 1.82) is 0 Å². The number of hydrogen-bond donors (Lipinski definition) is 2. The van der Waals surface area contributed by atoms with Crippen molar-refractivity contribution in [2.75, 3.05) is 6.61 Å². The fraction of sp³-hybridized carbons (Fsp3) is 0.895. The van der Waals surface area contributed by atoms with Gasteiger partial charge in [-0.25, -0.2) is 0 Å². The summed E-state index contributed by atoms with van der Waals surface area (Å²) in [4.78, 5) is 24.8. The van der Waals surface area contributed by atoms with Gasteiger partial charge in [0.05, 0.1) is 6.10 Å². The average molecular weight is 320 g/mol. The summed E-state index contributed by atoms with van der Waals surface area (Å²) in [5.41, 5.74) is -0.161. The highest BCUT2D eigenvalue weighted by atomic mass is 16.3. The lowest BCUT2D eigenvalue weighted by atomic mass is 9.45. The highest BCUT2D eigenvalue weighted by molar-refractivity contribution is 5.86. The molecule has 0 spiro atoms. The van der Waals surface area contributed by atoms with Gasteiger partial charge in [0.15, 0.2) is 0 Å². The smallest absolute Gasteiger partial charge is 0.136 e. The van der Waals surface area contributed by atoms with Gasteiger partial charge in [-0.2, -0.15) is 0 Å². The molecule has 0 aromatic rings. The standard InChI is InChI=1S/C19H28O4/c1-18-4-2-12(21)6-11(18)7-16(23)17-14(18)3-5-19(10-20)9-13(22)8-15(17)19/h11,13-15,17,20,22H,2-10H2,1H3/t11-,13?,14?,15?,17?,18?,19?/m1/s1. The summed E-state index contributed by atoms with van der Waals surface area (Å²) >= 11 is 0. The van der Waals surface area contributed by atoms with Crippen LogP contribution in [0.15, 0.2) is 0 Å². The molecule has 7 atom stereocenters. The maximum Gasteiger partial charge on any atom is 0.136 e. The lowest BCUT2D eigenvalue weighted by Gasteiger charge is -2.58. The van der Waals surface area contributed by atoms with Crippen LogP contribution >= 0.6 is 0 Å². The minimum atomic E-state index is -0.378. The molecule has 4 rings (SSSR count). The van der Waals surface area contributed by atoms with Gasteiger partial charge in [0.1, 0.15) is 11.6 Å². The Morgan fingerprint density at radius 3 is 2.70 bits per heavy atom. The van der Waals surface area contributed by atoms with E-state index in [2.05, 4.69) is 6.92 Å². The van der Waals surface area contributed by atoms with Crippen LogP contribution in [0.5, 0.6) is 0 Å². The van der Waals surface area contributed by atoms with E-state index >= 15 is 0 Å². The van der Waals surface area contributed by atoms with Crippen LogP contribution in [0.2, 0.25) is 0 Å². The van der Waals surface area contributed by atoms with E-state index in [9.17, 15) is 19.8 Å². The van der Waals surface area contributed by atoms with E-state index in [1.807, 2.05) is 0 Å². The van der Waals surface area contributed by atoms with Crippen molar-refractivity contribution < 1.29 is 19.8 Å². The molecule has 0 aromatic heterocycles. The summed E-state index contributed by atoms with van der Waals surface area (Å²) < 4.78 is 0. The fourth-order valence-corrected chi connectivity index (χ4v) is 6.81. The molecule has 4 fully saturated rings. The molecule has 0 saturated heterocycles. The van der Waals surface area contributed by atoms with Gasteiger partial charge in [-0.15, -0.1) is 0 Å². The van der Waals surface area contributed by atoms with Crippen LogP contribution in [0.4, 0.5) is 0 Å².